The quantitative estimate of drug-likeness (QED) is 0.840. The van der Waals surface area contributed by atoms with Crippen LogP contribution in [-0.4, -0.2) is 21.1 Å². The van der Waals surface area contributed by atoms with Crippen molar-refractivity contribution in [2.45, 2.75) is 63.3 Å². The molecule has 0 radical (unpaired) electrons. The largest absolute Gasteiger partial charge is 0.497 e. The van der Waals surface area contributed by atoms with Crippen LogP contribution in [0.2, 0.25) is 0 Å². The summed E-state index contributed by atoms with van der Waals surface area (Å²) >= 11 is 0. The maximum atomic E-state index is 12.2. The summed E-state index contributed by atoms with van der Waals surface area (Å²) in [4.78, 5) is 0. The first-order valence-electron chi connectivity index (χ1n) is 6.47. The van der Waals surface area contributed by atoms with Crippen molar-refractivity contribution < 1.29 is 8.95 Å². The standard InChI is InChI=1S/C13H23NO2S/c1-13(2,3)17(15)14-12(10-7-8-10)11-6-4-5-9-16-11/h5,9-12,14H,4,6-8H2,1-3H3/t11-,12-,17?/m0/s1. The maximum absolute atomic E-state index is 12.2. The van der Waals surface area contributed by atoms with Crippen molar-refractivity contribution in [2.75, 3.05) is 0 Å². The Kier molecular flexibility index (Phi) is 3.93. The van der Waals surface area contributed by atoms with Gasteiger partial charge >= 0.3 is 0 Å². The maximum Gasteiger partial charge on any atom is 0.115 e. The van der Waals surface area contributed by atoms with Crippen LogP contribution < -0.4 is 4.72 Å². The molecule has 0 amide bonds. The molecule has 0 aromatic heterocycles. The Morgan fingerprint density at radius 3 is 2.53 bits per heavy atom. The van der Waals surface area contributed by atoms with Crippen LogP contribution in [0.1, 0.15) is 46.5 Å². The van der Waals surface area contributed by atoms with E-state index in [2.05, 4.69) is 10.8 Å². The molecule has 1 unspecified atom stereocenters. The average Bonchev–Trinajstić information content (AvgIpc) is 3.09. The van der Waals surface area contributed by atoms with Gasteiger partial charge in [0.1, 0.15) is 6.10 Å². The molecule has 98 valence electrons. The third-order valence-electron chi connectivity index (χ3n) is 3.30. The summed E-state index contributed by atoms with van der Waals surface area (Å²) in [6.07, 6.45) is 8.63. The van der Waals surface area contributed by atoms with E-state index in [1.807, 2.05) is 20.8 Å². The summed E-state index contributed by atoms with van der Waals surface area (Å²) < 4.78 is 20.9. The highest BCUT2D eigenvalue weighted by molar-refractivity contribution is 7.84. The van der Waals surface area contributed by atoms with Crippen LogP contribution >= 0.6 is 0 Å². The molecule has 0 saturated heterocycles. The summed E-state index contributed by atoms with van der Waals surface area (Å²) in [6, 6.07) is 0.250. The molecule has 0 aromatic carbocycles. The smallest absolute Gasteiger partial charge is 0.115 e. The topological polar surface area (TPSA) is 38.3 Å². The molecular weight excluding hydrogens is 234 g/mol. The molecule has 0 spiro atoms. The van der Waals surface area contributed by atoms with Crippen molar-refractivity contribution >= 4 is 11.0 Å². The summed E-state index contributed by atoms with van der Waals surface area (Å²) in [7, 11) is -1.00. The van der Waals surface area contributed by atoms with Gasteiger partial charge in [-0.2, -0.15) is 0 Å². The average molecular weight is 257 g/mol. The van der Waals surface area contributed by atoms with Gasteiger partial charge in [0, 0.05) is 0 Å². The van der Waals surface area contributed by atoms with Gasteiger partial charge in [-0.05, 0) is 58.4 Å². The Morgan fingerprint density at radius 1 is 1.35 bits per heavy atom. The fourth-order valence-corrected chi connectivity index (χ4v) is 2.99. The lowest BCUT2D eigenvalue weighted by molar-refractivity contribution is 0.0864. The molecule has 2 rings (SSSR count). The molecule has 1 aliphatic carbocycles. The Hall–Kier alpha value is -0.350. The van der Waals surface area contributed by atoms with E-state index in [1.165, 1.54) is 12.8 Å². The number of rotatable bonds is 4. The van der Waals surface area contributed by atoms with E-state index in [0.717, 1.165) is 12.8 Å². The molecule has 1 aliphatic heterocycles. The van der Waals surface area contributed by atoms with Crippen molar-refractivity contribution in [3.05, 3.63) is 12.3 Å². The predicted octanol–water partition coefficient (Wildman–Crippen LogP) is 2.51. The Morgan fingerprint density at radius 2 is 2.06 bits per heavy atom. The second-order valence-electron chi connectivity index (χ2n) is 5.99. The normalized spacial score (nSPS) is 28.5. The van der Waals surface area contributed by atoms with E-state index < -0.39 is 11.0 Å². The van der Waals surface area contributed by atoms with Crippen LogP contribution in [0.4, 0.5) is 0 Å². The molecule has 3 atom stereocenters. The monoisotopic (exact) mass is 257 g/mol. The van der Waals surface area contributed by atoms with E-state index in [0.29, 0.717) is 5.92 Å². The molecule has 3 nitrogen and oxygen atoms in total. The molecule has 1 N–H and O–H groups in total. The van der Waals surface area contributed by atoms with Crippen molar-refractivity contribution in [1.29, 1.82) is 0 Å². The molecule has 0 aromatic rings. The van der Waals surface area contributed by atoms with Gasteiger partial charge in [0.05, 0.1) is 28.0 Å². The molecule has 0 bridgehead atoms. The molecule has 2 aliphatic rings. The second-order valence-corrected chi connectivity index (χ2v) is 7.98. The van der Waals surface area contributed by atoms with Gasteiger partial charge in [-0.25, -0.2) is 8.93 Å². The number of hydrogen-bond acceptors (Lipinski definition) is 2. The van der Waals surface area contributed by atoms with E-state index in [9.17, 15) is 4.21 Å². The first-order valence-corrected chi connectivity index (χ1v) is 7.62. The zero-order valence-electron chi connectivity index (χ0n) is 10.9. The molecule has 17 heavy (non-hydrogen) atoms. The van der Waals surface area contributed by atoms with Gasteiger partial charge in [0.2, 0.25) is 0 Å². The van der Waals surface area contributed by atoms with Gasteiger partial charge in [-0.1, -0.05) is 0 Å². The van der Waals surface area contributed by atoms with Crippen molar-refractivity contribution in [3.8, 4) is 0 Å². The lowest BCUT2D eigenvalue weighted by Crippen LogP contribution is -2.48. The Bertz CT molecular complexity index is 318. The Labute approximate surface area is 107 Å². The van der Waals surface area contributed by atoms with Gasteiger partial charge in [0.15, 0.2) is 0 Å². The number of allylic oxidation sites excluding steroid dienone is 1. The highest BCUT2D eigenvalue weighted by Gasteiger charge is 2.39. The van der Waals surface area contributed by atoms with Crippen molar-refractivity contribution in [2.24, 2.45) is 5.92 Å². The minimum absolute atomic E-state index is 0.193. The molecule has 1 heterocycles. The molecule has 4 heteroatoms. The van der Waals surface area contributed by atoms with Crippen LogP contribution in [0.5, 0.6) is 0 Å². The summed E-state index contributed by atoms with van der Waals surface area (Å²) in [5.41, 5.74) is 0. The van der Waals surface area contributed by atoms with E-state index in [1.54, 1.807) is 6.26 Å². The number of ether oxygens (including phenoxy) is 1. The van der Waals surface area contributed by atoms with E-state index >= 15 is 0 Å². The highest BCUT2D eigenvalue weighted by Crippen LogP contribution is 2.37. The zero-order chi connectivity index (χ0) is 12.5. The van der Waals surface area contributed by atoms with E-state index in [4.69, 9.17) is 4.74 Å². The van der Waals surface area contributed by atoms with Crippen LogP contribution in [0.15, 0.2) is 12.3 Å². The van der Waals surface area contributed by atoms with Crippen LogP contribution in [0, 0.1) is 5.92 Å². The Balaban J connectivity index is 1.98. The van der Waals surface area contributed by atoms with E-state index in [-0.39, 0.29) is 16.9 Å². The van der Waals surface area contributed by atoms with Gasteiger partial charge < -0.3 is 4.74 Å². The lowest BCUT2D eigenvalue weighted by atomic mass is 10.0. The third-order valence-corrected chi connectivity index (χ3v) is 4.90. The van der Waals surface area contributed by atoms with Gasteiger partial charge in [-0.15, -0.1) is 0 Å². The molecule has 1 fully saturated rings. The van der Waals surface area contributed by atoms with Crippen molar-refractivity contribution in [1.82, 2.24) is 4.72 Å². The summed E-state index contributed by atoms with van der Waals surface area (Å²) in [5.74, 6) is 0.651. The fourth-order valence-electron chi connectivity index (χ4n) is 2.05. The first kappa shape index (κ1) is 13.1. The van der Waals surface area contributed by atoms with Crippen LogP contribution in [0.3, 0.4) is 0 Å². The minimum atomic E-state index is -1.00. The van der Waals surface area contributed by atoms with Crippen LogP contribution in [-0.2, 0) is 15.7 Å². The summed E-state index contributed by atoms with van der Waals surface area (Å²) in [6.45, 7) is 6.01. The van der Waals surface area contributed by atoms with Gasteiger partial charge in [0.25, 0.3) is 0 Å². The third kappa shape index (κ3) is 3.55. The second kappa shape index (κ2) is 5.11. The molecular formula is C13H23NO2S. The minimum Gasteiger partial charge on any atom is -0.497 e. The van der Waals surface area contributed by atoms with Crippen LogP contribution in [0.25, 0.3) is 0 Å². The SMILES string of the molecule is CC(C)(C)S(=O)N[C@@H](C1CC1)[C@@H]1CCC=CO1. The first-order chi connectivity index (χ1) is 7.98. The number of hydrogen-bond donors (Lipinski definition) is 1. The van der Waals surface area contributed by atoms with Crippen molar-refractivity contribution in [3.63, 3.8) is 0 Å². The fraction of sp³-hybridized carbons (Fsp3) is 0.846. The lowest BCUT2D eigenvalue weighted by Gasteiger charge is -2.31. The highest BCUT2D eigenvalue weighted by atomic mass is 32.2. The number of nitrogens with one attached hydrogen (secondary N) is 1. The van der Waals surface area contributed by atoms with Gasteiger partial charge in [-0.3, -0.25) is 0 Å². The summed E-state index contributed by atoms with van der Waals surface area (Å²) in [5, 5.41) is 0. The zero-order valence-corrected chi connectivity index (χ0v) is 11.8. The molecule has 1 saturated carbocycles. The predicted molar refractivity (Wildman–Crippen MR) is 70.8 cm³/mol.